The molecule has 350 valence electrons. The Balaban J connectivity index is 4.23. The van der Waals surface area contributed by atoms with E-state index in [1.54, 1.807) is 0 Å². The second-order valence-electron chi connectivity index (χ2n) is 17.5. The van der Waals surface area contributed by atoms with Crippen LogP contribution in [0, 0.1) is 0 Å². The van der Waals surface area contributed by atoms with Crippen molar-refractivity contribution in [1.29, 1.82) is 0 Å². The molecular weight excluding hydrogens is 774 g/mol. The molecule has 0 aromatic carbocycles. The predicted octanol–water partition coefficient (Wildman–Crippen LogP) is 13.6. The minimum atomic E-state index is -4.64. The standard InChI is InChI=1S/C50H92NO8P/c1-6-8-10-12-14-16-18-20-21-22-23-24-25-26-27-28-29-31-32-34-36-38-40-42-49(52)56-46-48(47-58-60(54,55)57-45-44-51(3,4)5)59-50(53)43-41-39-37-35-33-30-19-17-15-13-11-9-7-2/h9,11,15,17,30,33,37,39,48H,6-8,10,12-14,16,18-29,31-32,34-36,38,40-47H2,1-5H3/b11-9-,17-15-,33-30-,39-37-. The molecule has 0 aliphatic rings. The predicted molar refractivity (Wildman–Crippen MR) is 250 cm³/mol. The highest BCUT2D eigenvalue weighted by Gasteiger charge is 2.21. The summed E-state index contributed by atoms with van der Waals surface area (Å²) in [6.45, 7) is 4.04. The lowest BCUT2D eigenvalue weighted by Crippen LogP contribution is -2.37. The number of quaternary nitrogens is 1. The van der Waals surface area contributed by atoms with Gasteiger partial charge in [0.25, 0.3) is 7.82 Å². The fourth-order valence-corrected chi connectivity index (χ4v) is 7.34. The van der Waals surface area contributed by atoms with Gasteiger partial charge in [-0.25, -0.2) is 0 Å². The molecule has 0 amide bonds. The van der Waals surface area contributed by atoms with Gasteiger partial charge in [-0.15, -0.1) is 0 Å². The van der Waals surface area contributed by atoms with Crippen molar-refractivity contribution in [3.05, 3.63) is 48.6 Å². The molecule has 0 saturated carbocycles. The van der Waals surface area contributed by atoms with Crippen LogP contribution in [0.4, 0.5) is 0 Å². The van der Waals surface area contributed by atoms with Crippen molar-refractivity contribution in [2.75, 3.05) is 47.5 Å². The maximum Gasteiger partial charge on any atom is 0.306 e. The molecule has 0 saturated heterocycles. The first kappa shape index (κ1) is 58.0. The molecule has 10 heteroatoms. The van der Waals surface area contributed by atoms with Crippen LogP contribution < -0.4 is 4.89 Å². The first-order valence-corrected chi connectivity index (χ1v) is 25.8. The van der Waals surface area contributed by atoms with Crippen molar-refractivity contribution in [3.63, 3.8) is 0 Å². The third kappa shape index (κ3) is 45.5. The minimum absolute atomic E-state index is 0.0435. The highest BCUT2D eigenvalue weighted by Crippen LogP contribution is 2.38. The van der Waals surface area contributed by atoms with Gasteiger partial charge < -0.3 is 27.9 Å². The fourth-order valence-electron chi connectivity index (χ4n) is 6.61. The monoisotopic (exact) mass is 866 g/mol. The summed E-state index contributed by atoms with van der Waals surface area (Å²) in [5, 5.41) is 0. The van der Waals surface area contributed by atoms with E-state index in [1.807, 2.05) is 33.3 Å². The van der Waals surface area contributed by atoms with Gasteiger partial charge in [-0.3, -0.25) is 14.2 Å². The average Bonchev–Trinajstić information content (AvgIpc) is 3.20. The Hall–Kier alpha value is -2.03. The van der Waals surface area contributed by atoms with E-state index in [-0.39, 0.29) is 26.1 Å². The fraction of sp³-hybridized carbons (Fsp3) is 0.800. The van der Waals surface area contributed by atoms with Crippen molar-refractivity contribution < 1.29 is 42.1 Å². The van der Waals surface area contributed by atoms with E-state index in [1.165, 1.54) is 128 Å². The summed E-state index contributed by atoms with van der Waals surface area (Å²) in [5.41, 5.74) is 0. The third-order valence-electron chi connectivity index (χ3n) is 10.4. The highest BCUT2D eigenvalue weighted by molar-refractivity contribution is 7.45. The Morgan fingerprint density at radius 2 is 0.950 bits per heavy atom. The van der Waals surface area contributed by atoms with Gasteiger partial charge in [0.2, 0.25) is 0 Å². The number of nitrogens with zero attached hydrogens (tertiary/aromatic N) is 1. The average molecular weight is 866 g/mol. The Bertz CT molecular complexity index is 1160. The number of carbonyl (C=O) groups is 2. The molecule has 0 aromatic heterocycles. The summed E-state index contributed by atoms with van der Waals surface area (Å²) in [4.78, 5) is 37.5. The van der Waals surface area contributed by atoms with E-state index in [9.17, 15) is 19.0 Å². The van der Waals surface area contributed by atoms with Gasteiger partial charge >= 0.3 is 11.9 Å². The summed E-state index contributed by atoms with van der Waals surface area (Å²) in [6, 6.07) is 0. The summed E-state index contributed by atoms with van der Waals surface area (Å²) >= 11 is 0. The maximum atomic E-state index is 12.6. The van der Waals surface area contributed by atoms with Crippen LogP contribution in [0.25, 0.3) is 0 Å². The van der Waals surface area contributed by atoms with Crippen LogP contribution in [-0.4, -0.2) is 70.0 Å². The third-order valence-corrected chi connectivity index (χ3v) is 11.3. The molecule has 0 N–H and O–H groups in total. The number of rotatable bonds is 44. The maximum absolute atomic E-state index is 12.6. The number of phosphoric ester groups is 1. The molecule has 0 radical (unpaired) electrons. The Labute approximate surface area is 369 Å². The van der Waals surface area contributed by atoms with E-state index in [2.05, 4.69) is 50.3 Å². The van der Waals surface area contributed by atoms with Crippen LogP contribution in [0.5, 0.6) is 0 Å². The Morgan fingerprint density at radius 3 is 1.38 bits per heavy atom. The molecule has 9 nitrogen and oxygen atoms in total. The normalized spacial score (nSPS) is 13.9. The number of ether oxygens (including phenoxy) is 2. The van der Waals surface area contributed by atoms with E-state index in [0.717, 1.165) is 44.9 Å². The summed E-state index contributed by atoms with van der Waals surface area (Å²) in [7, 11) is 1.12. The van der Waals surface area contributed by atoms with Gasteiger partial charge in [0, 0.05) is 12.8 Å². The second-order valence-corrected chi connectivity index (χ2v) is 18.9. The van der Waals surface area contributed by atoms with Gasteiger partial charge in [0.15, 0.2) is 6.10 Å². The number of hydrogen-bond donors (Lipinski definition) is 0. The lowest BCUT2D eigenvalue weighted by atomic mass is 10.0. The largest absolute Gasteiger partial charge is 0.756 e. The van der Waals surface area contributed by atoms with Gasteiger partial charge in [-0.05, 0) is 38.5 Å². The molecule has 0 bridgehead atoms. The van der Waals surface area contributed by atoms with Crippen molar-refractivity contribution >= 4 is 19.8 Å². The zero-order valence-electron chi connectivity index (χ0n) is 39.4. The first-order chi connectivity index (χ1) is 29.0. The number of unbranched alkanes of at least 4 members (excludes halogenated alkanes) is 22. The molecule has 0 spiro atoms. The number of likely N-dealkylation sites (N-methyl/N-ethyl adjacent to an activating group) is 1. The van der Waals surface area contributed by atoms with Crippen LogP contribution in [0.1, 0.15) is 206 Å². The Kier molecular flexibility index (Phi) is 40.8. The summed E-state index contributed by atoms with van der Waals surface area (Å²) < 4.78 is 33.8. The lowest BCUT2D eigenvalue weighted by molar-refractivity contribution is -0.870. The van der Waals surface area contributed by atoms with Crippen molar-refractivity contribution in [2.24, 2.45) is 0 Å². The lowest BCUT2D eigenvalue weighted by Gasteiger charge is -2.28. The van der Waals surface area contributed by atoms with Gasteiger partial charge in [-0.1, -0.05) is 204 Å². The molecule has 2 atom stereocenters. The van der Waals surface area contributed by atoms with Crippen LogP contribution in [0.3, 0.4) is 0 Å². The van der Waals surface area contributed by atoms with Crippen LogP contribution >= 0.6 is 7.82 Å². The molecule has 0 aliphatic carbocycles. The smallest absolute Gasteiger partial charge is 0.306 e. The zero-order chi connectivity index (χ0) is 44.3. The molecular formula is C50H92NO8P. The van der Waals surface area contributed by atoms with E-state index >= 15 is 0 Å². The molecule has 0 aliphatic heterocycles. The van der Waals surface area contributed by atoms with Crippen molar-refractivity contribution in [1.82, 2.24) is 0 Å². The van der Waals surface area contributed by atoms with Gasteiger partial charge in [-0.2, -0.15) is 0 Å². The van der Waals surface area contributed by atoms with Crippen molar-refractivity contribution in [2.45, 2.75) is 213 Å². The Morgan fingerprint density at radius 1 is 0.533 bits per heavy atom. The molecule has 2 unspecified atom stereocenters. The number of esters is 2. The van der Waals surface area contributed by atoms with E-state index in [4.69, 9.17) is 18.5 Å². The molecule has 0 fully saturated rings. The van der Waals surface area contributed by atoms with Gasteiger partial charge in [0.05, 0.1) is 27.7 Å². The van der Waals surface area contributed by atoms with Crippen LogP contribution in [-0.2, 0) is 32.7 Å². The SMILES string of the molecule is CC/C=C\C/C=C\C/C=C\C/C=C\CCC(=O)OC(COC(=O)CCCCCCCCCCCCCCCCCCCCCCCCC)COP(=O)([O-])OCC[N+](C)(C)C. The summed E-state index contributed by atoms with van der Waals surface area (Å²) in [5.74, 6) is -0.924. The van der Waals surface area contributed by atoms with Crippen LogP contribution in [0.15, 0.2) is 48.6 Å². The van der Waals surface area contributed by atoms with Crippen molar-refractivity contribution in [3.8, 4) is 0 Å². The quantitative estimate of drug-likeness (QED) is 0.0196. The number of hydrogen-bond acceptors (Lipinski definition) is 8. The highest BCUT2D eigenvalue weighted by atomic mass is 31.2. The molecule has 0 rings (SSSR count). The minimum Gasteiger partial charge on any atom is -0.756 e. The molecule has 60 heavy (non-hydrogen) atoms. The molecule has 0 heterocycles. The first-order valence-electron chi connectivity index (χ1n) is 24.3. The van der Waals surface area contributed by atoms with Crippen LogP contribution in [0.2, 0.25) is 0 Å². The van der Waals surface area contributed by atoms with E-state index < -0.39 is 32.5 Å². The summed E-state index contributed by atoms with van der Waals surface area (Å²) in [6.07, 6.45) is 50.3. The number of allylic oxidation sites excluding steroid dienone is 8. The zero-order valence-corrected chi connectivity index (χ0v) is 40.3. The number of carbonyl (C=O) groups excluding carboxylic acids is 2. The second kappa shape index (κ2) is 42.3. The van der Waals surface area contributed by atoms with Gasteiger partial charge in [0.1, 0.15) is 19.8 Å². The number of phosphoric acid groups is 1. The topological polar surface area (TPSA) is 111 Å². The van der Waals surface area contributed by atoms with E-state index in [0.29, 0.717) is 17.4 Å². The molecule has 0 aromatic rings.